The minimum absolute atomic E-state index is 0.230. The van der Waals surface area contributed by atoms with Crippen molar-refractivity contribution in [2.75, 3.05) is 25.4 Å². The Morgan fingerprint density at radius 1 is 1.60 bits per heavy atom. The Hall–Kier alpha value is -1.31. The van der Waals surface area contributed by atoms with Crippen molar-refractivity contribution in [3.8, 4) is 0 Å². The van der Waals surface area contributed by atoms with Gasteiger partial charge in [-0.15, -0.1) is 5.10 Å². The summed E-state index contributed by atoms with van der Waals surface area (Å²) in [5.74, 6) is 0.767. The molecule has 0 aliphatic carbocycles. The molecule has 0 atom stereocenters. The first kappa shape index (κ1) is 10.2. The number of tetrazole rings is 1. The van der Waals surface area contributed by atoms with Crippen molar-refractivity contribution >= 4 is 17.9 Å². The standard InChI is InChI=1S/C7H11N5O2S/c1-11-6(8-9-10-11)15-5-3-12-2-4-14-7(12)13/h2-5H2,1H3. The average molecular weight is 229 g/mol. The lowest BCUT2D eigenvalue weighted by atomic mass is 10.6. The van der Waals surface area contributed by atoms with E-state index in [9.17, 15) is 4.79 Å². The molecule has 82 valence electrons. The van der Waals surface area contributed by atoms with Gasteiger partial charge in [0.05, 0.1) is 6.54 Å². The lowest BCUT2D eigenvalue weighted by Gasteiger charge is -2.10. The zero-order valence-electron chi connectivity index (χ0n) is 8.29. The van der Waals surface area contributed by atoms with Crippen molar-refractivity contribution in [3.63, 3.8) is 0 Å². The second-order valence-electron chi connectivity index (χ2n) is 3.03. The van der Waals surface area contributed by atoms with Crippen molar-refractivity contribution < 1.29 is 9.53 Å². The molecule has 1 aliphatic heterocycles. The summed E-state index contributed by atoms with van der Waals surface area (Å²) in [7, 11) is 1.78. The molecule has 1 saturated heterocycles. The van der Waals surface area contributed by atoms with E-state index >= 15 is 0 Å². The number of rotatable bonds is 4. The van der Waals surface area contributed by atoms with Crippen LogP contribution in [0.1, 0.15) is 0 Å². The molecule has 15 heavy (non-hydrogen) atoms. The van der Waals surface area contributed by atoms with Crippen LogP contribution in [0.15, 0.2) is 5.16 Å². The van der Waals surface area contributed by atoms with E-state index in [1.54, 1.807) is 16.6 Å². The van der Waals surface area contributed by atoms with Gasteiger partial charge in [0, 0.05) is 19.3 Å². The summed E-state index contributed by atoms with van der Waals surface area (Å²) in [6, 6.07) is 0. The van der Waals surface area contributed by atoms with Crippen LogP contribution in [0.2, 0.25) is 0 Å². The van der Waals surface area contributed by atoms with Gasteiger partial charge in [0.25, 0.3) is 0 Å². The third-order valence-corrected chi connectivity index (χ3v) is 3.01. The monoisotopic (exact) mass is 229 g/mol. The molecule has 0 N–H and O–H groups in total. The number of thioether (sulfide) groups is 1. The molecule has 1 fully saturated rings. The minimum Gasteiger partial charge on any atom is -0.448 e. The fourth-order valence-electron chi connectivity index (χ4n) is 1.22. The van der Waals surface area contributed by atoms with Gasteiger partial charge in [0.1, 0.15) is 6.61 Å². The Morgan fingerprint density at radius 2 is 2.47 bits per heavy atom. The Balaban J connectivity index is 1.75. The number of hydrogen-bond donors (Lipinski definition) is 0. The van der Waals surface area contributed by atoms with E-state index in [-0.39, 0.29) is 6.09 Å². The van der Waals surface area contributed by atoms with Gasteiger partial charge in [0.15, 0.2) is 0 Å². The lowest BCUT2D eigenvalue weighted by Crippen LogP contribution is -2.26. The fourth-order valence-corrected chi connectivity index (χ4v) is 2.03. The number of amides is 1. The summed E-state index contributed by atoms with van der Waals surface area (Å²) in [5, 5.41) is 11.8. The van der Waals surface area contributed by atoms with Crippen molar-refractivity contribution in [2.45, 2.75) is 5.16 Å². The Bertz CT molecular complexity index is 355. The number of aromatic nitrogens is 4. The first-order valence-corrected chi connectivity index (χ1v) is 5.53. The zero-order valence-corrected chi connectivity index (χ0v) is 9.11. The van der Waals surface area contributed by atoms with Gasteiger partial charge in [-0.25, -0.2) is 9.48 Å². The first-order chi connectivity index (χ1) is 7.27. The highest BCUT2D eigenvalue weighted by molar-refractivity contribution is 7.99. The molecule has 0 aromatic carbocycles. The maximum absolute atomic E-state index is 11.1. The SMILES string of the molecule is Cn1nnnc1SCCN1CCOC1=O. The smallest absolute Gasteiger partial charge is 0.409 e. The van der Waals surface area contributed by atoms with Crippen molar-refractivity contribution in [1.29, 1.82) is 0 Å². The maximum atomic E-state index is 11.1. The third-order valence-electron chi connectivity index (χ3n) is 2.02. The van der Waals surface area contributed by atoms with Gasteiger partial charge >= 0.3 is 6.09 Å². The number of nitrogens with zero attached hydrogens (tertiary/aromatic N) is 5. The van der Waals surface area contributed by atoms with Crippen LogP contribution in [0.5, 0.6) is 0 Å². The molecule has 2 rings (SSSR count). The van der Waals surface area contributed by atoms with Crippen LogP contribution < -0.4 is 0 Å². The molecule has 0 saturated carbocycles. The van der Waals surface area contributed by atoms with E-state index in [0.717, 1.165) is 10.9 Å². The average Bonchev–Trinajstić information content (AvgIpc) is 2.78. The topological polar surface area (TPSA) is 73.1 Å². The number of carbonyl (C=O) groups excluding carboxylic acids is 1. The molecule has 0 bridgehead atoms. The van der Waals surface area contributed by atoms with Crippen LogP contribution in [0.25, 0.3) is 0 Å². The van der Waals surface area contributed by atoms with Crippen LogP contribution in [0, 0.1) is 0 Å². The van der Waals surface area contributed by atoms with Crippen LogP contribution in [-0.4, -0.2) is 56.6 Å². The van der Waals surface area contributed by atoms with Gasteiger partial charge < -0.3 is 9.64 Å². The van der Waals surface area contributed by atoms with E-state index in [0.29, 0.717) is 19.7 Å². The highest BCUT2D eigenvalue weighted by Gasteiger charge is 2.21. The van der Waals surface area contributed by atoms with E-state index in [2.05, 4.69) is 15.5 Å². The van der Waals surface area contributed by atoms with Gasteiger partial charge in [-0.2, -0.15) is 0 Å². The van der Waals surface area contributed by atoms with E-state index in [1.165, 1.54) is 11.8 Å². The highest BCUT2D eigenvalue weighted by atomic mass is 32.2. The normalized spacial score (nSPS) is 15.8. The van der Waals surface area contributed by atoms with E-state index in [1.807, 2.05) is 0 Å². The molecule has 0 radical (unpaired) electrons. The predicted molar refractivity (Wildman–Crippen MR) is 52.4 cm³/mol. The Morgan fingerprint density at radius 3 is 3.07 bits per heavy atom. The second-order valence-corrected chi connectivity index (χ2v) is 4.10. The largest absolute Gasteiger partial charge is 0.448 e. The Kier molecular flexibility index (Phi) is 3.05. The van der Waals surface area contributed by atoms with Crippen LogP contribution in [0.3, 0.4) is 0 Å². The molecule has 2 heterocycles. The number of aryl methyl sites for hydroxylation is 1. The van der Waals surface area contributed by atoms with Crippen molar-refractivity contribution in [1.82, 2.24) is 25.1 Å². The molecule has 0 unspecified atom stereocenters. The molecule has 8 heteroatoms. The second kappa shape index (κ2) is 4.47. The quantitative estimate of drug-likeness (QED) is 0.663. The number of cyclic esters (lactones) is 1. The molecule has 1 aromatic rings. The molecule has 7 nitrogen and oxygen atoms in total. The summed E-state index contributed by atoms with van der Waals surface area (Å²) >= 11 is 1.52. The third kappa shape index (κ3) is 2.38. The van der Waals surface area contributed by atoms with Gasteiger partial charge in [0.2, 0.25) is 5.16 Å². The molecular weight excluding hydrogens is 218 g/mol. The van der Waals surface area contributed by atoms with Crippen LogP contribution in [0.4, 0.5) is 4.79 Å². The number of ether oxygens (including phenoxy) is 1. The molecular formula is C7H11N5O2S. The van der Waals surface area contributed by atoms with Gasteiger partial charge in [-0.05, 0) is 10.4 Å². The van der Waals surface area contributed by atoms with Crippen molar-refractivity contribution in [2.24, 2.45) is 7.05 Å². The highest BCUT2D eigenvalue weighted by Crippen LogP contribution is 2.13. The summed E-state index contributed by atoms with van der Waals surface area (Å²) in [5.41, 5.74) is 0. The zero-order chi connectivity index (χ0) is 10.7. The molecule has 1 aromatic heterocycles. The predicted octanol–water partition coefficient (Wildman–Crippen LogP) is -0.246. The van der Waals surface area contributed by atoms with Gasteiger partial charge in [-0.3, -0.25) is 0 Å². The first-order valence-electron chi connectivity index (χ1n) is 4.54. The van der Waals surface area contributed by atoms with Crippen LogP contribution in [-0.2, 0) is 11.8 Å². The van der Waals surface area contributed by atoms with E-state index < -0.39 is 0 Å². The molecule has 0 spiro atoms. The fraction of sp³-hybridized carbons (Fsp3) is 0.714. The van der Waals surface area contributed by atoms with Gasteiger partial charge in [-0.1, -0.05) is 11.8 Å². The number of carbonyl (C=O) groups is 1. The Labute approximate surface area is 90.8 Å². The summed E-state index contributed by atoms with van der Waals surface area (Å²) in [6.45, 7) is 1.84. The van der Waals surface area contributed by atoms with E-state index in [4.69, 9.17) is 4.74 Å². The summed E-state index contributed by atoms with van der Waals surface area (Å²) in [4.78, 5) is 12.8. The van der Waals surface area contributed by atoms with Crippen molar-refractivity contribution in [3.05, 3.63) is 0 Å². The minimum atomic E-state index is -0.230. The maximum Gasteiger partial charge on any atom is 0.409 e. The lowest BCUT2D eigenvalue weighted by molar-refractivity contribution is 0.160. The summed E-state index contributed by atoms with van der Waals surface area (Å²) in [6.07, 6.45) is -0.230. The summed E-state index contributed by atoms with van der Waals surface area (Å²) < 4.78 is 6.41. The molecule has 1 aliphatic rings. The molecule has 1 amide bonds. The number of hydrogen-bond acceptors (Lipinski definition) is 6. The van der Waals surface area contributed by atoms with Crippen LogP contribution >= 0.6 is 11.8 Å².